The highest BCUT2D eigenvalue weighted by Gasteiger charge is 2.59. The second-order valence-electron chi connectivity index (χ2n) is 46.1. The zero-order valence-corrected chi connectivity index (χ0v) is 81.8. The van der Waals surface area contributed by atoms with Crippen molar-refractivity contribution < 1.29 is 17.7 Å². The summed E-state index contributed by atoms with van der Waals surface area (Å²) in [5.74, 6) is 0. The summed E-state index contributed by atoms with van der Waals surface area (Å²) in [6.45, 7) is 42.6. The molecular formula is C123H114B2ClN5O4. The fourth-order valence-electron chi connectivity index (χ4n) is 26.6. The summed E-state index contributed by atoms with van der Waals surface area (Å²) in [4.78, 5) is 7.78. The zero-order chi connectivity index (χ0) is 92.5. The Morgan fingerprint density at radius 3 is 1.24 bits per heavy atom. The molecule has 3 aliphatic carbocycles. The van der Waals surface area contributed by atoms with Gasteiger partial charge in [0.1, 0.15) is 33.5 Å². The molecule has 4 atom stereocenters. The summed E-state index contributed by atoms with van der Waals surface area (Å²) in [5, 5.41) is 12.3. The van der Waals surface area contributed by atoms with Crippen LogP contribution in [0.1, 0.15) is 212 Å². The molecule has 0 bridgehead atoms. The number of benzene rings is 14. The second-order valence-corrected chi connectivity index (χ2v) is 46.5. The van der Waals surface area contributed by atoms with E-state index in [1.54, 1.807) is 11.1 Å². The van der Waals surface area contributed by atoms with Crippen LogP contribution in [-0.4, -0.2) is 28.1 Å². The lowest BCUT2D eigenvalue weighted by molar-refractivity contribution is 0.109. The number of aromatic nitrogens is 2. The Morgan fingerprint density at radius 1 is 0.319 bits per heavy atom. The van der Waals surface area contributed by atoms with E-state index in [1.165, 1.54) is 184 Å². The van der Waals surface area contributed by atoms with Gasteiger partial charge in [0.05, 0.1) is 49.5 Å². The minimum atomic E-state index is -0.101. The number of hydrogen-bond acceptors (Lipinski definition) is 7. The van der Waals surface area contributed by atoms with Crippen LogP contribution in [0.3, 0.4) is 0 Å². The van der Waals surface area contributed by atoms with Gasteiger partial charge in [-0.15, -0.1) is 0 Å². The van der Waals surface area contributed by atoms with Crippen molar-refractivity contribution in [1.29, 1.82) is 0 Å². The van der Waals surface area contributed by atoms with Gasteiger partial charge < -0.3 is 32.4 Å². The third-order valence-corrected chi connectivity index (χ3v) is 34.2. The van der Waals surface area contributed by atoms with Crippen molar-refractivity contribution in [2.45, 2.75) is 220 Å². The Morgan fingerprint density at radius 2 is 0.741 bits per heavy atom. The molecule has 28 rings (SSSR count). The van der Waals surface area contributed by atoms with Gasteiger partial charge in [-0.3, -0.25) is 9.13 Å². The number of aryl methyl sites for hydroxylation is 2. The van der Waals surface area contributed by atoms with Crippen molar-refractivity contribution in [2.24, 2.45) is 5.41 Å². The van der Waals surface area contributed by atoms with Gasteiger partial charge in [0.15, 0.2) is 0 Å². The van der Waals surface area contributed by atoms with E-state index in [9.17, 15) is 0 Å². The van der Waals surface area contributed by atoms with Gasteiger partial charge in [-0.25, -0.2) is 0 Å². The van der Waals surface area contributed by atoms with E-state index >= 15 is 0 Å². The van der Waals surface area contributed by atoms with Crippen molar-refractivity contribution in [1.82, 2.24) is 9.13 Å². The van der Waals surface area contributed by atoms with E-state index in [2.05, 4.69) is 385 Å². The Bertz CT molecular complexity index is 8590. The average molecular weight is 1780 g/mol. The summed E-state index contributed by atoms with van der Waals surface area (Å²) in [7, 11) is 0. The number of hydrogen-bond donors (Lipinski definition) is 0. The lowest BCUT2D eigenvalue weighted by atomic mass is 9.33. The number of anilines is 8. The van der Waals surface area contributed by atoms with Crippen LogP contribution in [0.4, 0.5) is 45.5 Å². The first-order valence-corrected chi connectivity index (χ1v) is 49.8. The number of halogens is 1. The van der Waals surface area contributed by atoms with Crippen LogP contribution in [-0.2, 0) is 38.9 Å². The van der Waals surface area contributed by atoms with Crippen LogP contribution in [0.25, 0.3) is 121 Å². The average Bonchev–Trinajstić information content (AvgIpc) is 1.59. The summed E-state index contributed by atoms with van der Waals surface area (Å²) in [5.41, 5.74) is 42.9. The van der Waals surface area contributed by atoms with Gasteiger partial charge in [-0.05, 0) is 283 Å². The van der Waals surface area contributed by atoms with Gasteiger partial charge >= 0.3 is 0 Å². The predicted octanol–water partition coefficient (Wildman–Crippen LogP) is 30.4. The van der Waals surface area contributed by atoms with E-state index in [0.29, 0.717) is 15.9 Å². The molecule has 5 aliphatic heterocycles. The highest BCUT2D eigenvalue weighted by molar-refractivity contribution is 7.01. The lowest BCUT2D eigenvalue weighted by Gasteiger charge is -2.50. The quantitative estimate of drug-likeness (QED) is 0.163. The minimum absolute atomic E-state index is 0.00279. The van der Waals surface area contributed by atoms with E-state index in [0.717, 1.165) is 112 Å². The van der Waals surface area contributed by atoms with Gasteiger partial charge in [-0.2, -0.15) is 0 Å². The molecule has 668 valence electrons. The van der Waals surface area contributed by atoms with Crippen molar-refractivity contribution in [3.8, 4) is 11.4 Å². The van der Waals surface area contributed by atoms with Crippen molar-refractivity contribution in [3.05, 3.63) is 310 Å². The number of para-hydroxylation sites is 4. The van der Waals surface area contributed by atoms with Crippen molar-refractivity contribution >= 4 is 213 Å². The van der Waals surface area contributed by atoms with E-state index in [1.807, 2.05) is 18.2 Å². The van der Waals surface area contributed by atoms with Crippen LogP contribution in [0.2, 0.25) is 5.02 Å². The van der Waals surface area contributed by atoms with Crippen molar-refractivity contribution in [3.63, 3.8) is 0 Å². The number of fused-ring (bicyclic) bond motifs is 30. The van der Waals surface area contributed by atoms with E-state index in [4.69, 9.17) is 29.3 Å². The number of nitrogens with zero attached hydrogens (tertiary/aromatic N) is 5. The molecule has 0 spiro atoms. The Labute approximate surface area is 796 Å². The molecular weight excluding hydrogens is 1670 g/mol. The van der Waals surface area contributed by atoms with Crippen LogP contribution < -0.4 is 47.5 Å². The minimum Gasteiger partial charge on any atom is -0.456 e. The Kier molecular flexibility index (Phi) is 17.3. The smallest absolute Gasteiger partial charge is 0.252 e. The third kappa shape index (κ3) is 11.5. The zero-order valence-electron chi connectivity index (χ0n) is 81.0. The molecule has 0 saturated heterocycles. The molecule has 2 saturated carbocycles. The Hall–Kier alpha value is -12.8. The molecule has 2 fully saturated rings. The second kappa shape index (κ2) is 28.2. The van der Waals surface area contributed by atoms with Crippen LogP contribution in [0, 0.1) is 19.3 Å². The maximum Gasteiger partial charge on any atom is 0.252 e. The topological polar surface area (TPSA) is 72.1 Å². The largest absolute Gasteiger partial charge is 0.456 e. The summed E-state index contributed by atoms with van der Waals surface area (Å²) >= 11 is 6.90. The molecule has 6 aromatic heterocycles. The molecule has 14 aromatic carbocycles. The van der Waals surface area contributed by atoms with E-state index in [-0.39, 0.29) is 46.0 Å². The fraction of sp³-hybridized carbons (Fsp3) is 0.285. The molecule has 135 heavy (non-hydrogen) atoms. The van der Waals surface area contributed by atoms with Gasteiger partial charge in [-0.1, -0.05) is 281 Å². The van der Waals surface area contributed by atoms with Gasteiger partial charge in [0, 0.05) is 88.3 Å². The van der Waals surface area contributed by atoms with Crippen LogP contribution in [0.5, 0.6) is 0 Å². The van der Waals surface area contributed by atoms with Gasteiger partial charge in [0.25, 0.3) is 13.4 Å². The standard InChI is InChI=1S/C61H56BN3O2.C43H30BClN2O2.C19H28/c1-35-29-48-55-49(30-35)64-56-41(53-39-17-10-13-21-51(39)67-57(53)64)31-37(59(5,6)7)33-44(56)62(55)43-25-24-38(34-47(43)63(48)46-19-16-22-52-54(46)40-18-11-12-20-50(40)66-52)65-45-26-23-36(58(2,3)4)32-42(45)60(8)27-14-15-28-61(60,65)9;1-23-18-33-40-34(19-23)47-41-28(38-26-10-5-8-14-36(26)49-42(38)47)20-24(43(2,3)4)21-30(41)44(40)29-17-16-25(45)22-32(29)46(33)31-12-9-15-37-39(31)27-11-6-7-13-35(27)48-37;1-17(2,3)15-9-8-14-13-18(4)10-6-7-11-19(18,5)16(14)12-15/h10-13,16-26,29-34H,14-15,27-28H2,1-9H3;5-22H,1-4H3;8-9,12H,6-7,10-11,13H2,1-5H3. The van der Waals surface area contributed by atoms with Crippen LogP contribution >= 0.6 is 11.6 Å². The normalized spacial score (nSPS) is 19.6. The summed E-state index contributed by atoms with van der Waals surface area (Å²) < 4.78 is 31.8. The lowest BCUT2D eigenvalue weighted by Crippen LogP contribution is -2.60. The molecule has 9 nitrogen and oxygen atoms in total. The summed E-state index contributed by atoms with van der Waals surface area (Å²) in [6.07, 6.45) is 11.7. The maximum atomic E-state index is 6.99. The highest BCUT2D eigenvalue weighted by atomic mass is 35.5. The molecule has 0 amide bonds. The molecule has 0 radical (unpaired) electrons. The molecule has 8 aliphatic rings. The van der Waals surface area contributed by atoms with E-state index < -0.39 is 0 Å². The number of furan rings is 4. The molecule has 0 N–H and O–H groups in total. The first-order chi connectivity index (χ1) is 64.7. The van der Waals surface area contributed by atoms with Crippen LogP contribution in [0.15, 0.2) is 272 Å². The molecule has 20 aromatic rings. The third-order valence-electron chi connectivity index (χ3n) is 34.0. The molecule has 4 unspecified atom stereocenters. The fourth-order valence-corrected chi connectivity index (χ4v) is 26.8. The first kappa shape index (κ1) is 82.8. The first-order valence-electron chi connectivity index (χ1n) is 49.4. The molecule has 11 heterocycles. The SMILES string of the molecule is CC(C)(C)c1ccc2c(c1)C1(C)CCCCC1(C)C2.Cc1cc2c3c(c1)-n1c4oc5ccccc5c4c4cc(C(C)(C)C)cc(c41)B3c1ccc(Cl)cc1N2c1cccc2oc3ccccc3c12.Cc1cc2c3c(c1)-n1c4oc5ccccc5c4c4cc(C(C)(C)C)cc(c41)B3c1ccc(N3c4ccc(C(C)(C)C)cc4C4(C)CCCCC34C)cc1N2c1cccc2oc3ccccc3c12. The number of rotatable bonds is 3. The maximum absolute atomic E-state index is 6.99. The van der Waals surface area contributed by atoms with Gasteiger partial charge in [0.2, 0.25) is 11.4 Å². The predicted molar refractivity (Wildman–Crippen MR) is 571 cm³/mol. The summed E-state index contributed by atoms with van der Waals surface area (Å²) in [6, 6.07) is 94.9. The monoisotopic (exact) mass is 1780 g/mol. The molecule has 12 heteroatoms. The van der Waals surface area contributed by atoms with Crippen molar-refractivity contribution in [2.75, 3.05) is 14.7 Å². The Balaban J connectivity index is 0.000000121. The highest BCUT2D eigenvalue weighted by Crippen LogP contribution is 2.64.